The summed E-state index contributed by atoms with van der Waals surface area (Å²) in [5.74, 6) is -0.410. The van der Waals surface area contributed by atoms with Crippen molar-refractivity contribution in [1.82, 2.24) is 20.3 Å². The van der Waals surface area contributed by atoms with Gasteiger partial charge in [0.1, 0.15) is 0 Å². The van der Waals surface area contributed by atoms with Gasteiger partial charge in [-0.2, -0.15) is 0 Å². The van der Waals surface area contributed by atoms with Crippen LogP contribution in [0.1, 0.15) is 47.9 Å². The smallest absolute Gasteiger partial charge is 0.248 e. The van der Waals surface area contributed by atoms with Gasteiger partial charge in [0, 0.05) is 18.7 Å². The average Bonchev–Trinajstić information content (AvgIpc) is 2.94. The molecule has 2 rings (SSSR count). The summed E-state index contributed by atoms with van der Waals surface area (Å²) in [6.45, 7) is 5.66. The van der Waals surface area contributed by atoms with E-state index in [2.05, 4.69) is 22.6 Å². The molecule has 0 spiro atoms. The molecule has 0 fully saturated rings. The van der Waals surface area contributed by atoms with Crippen molar-refractivity contribution < 1.29 is 4.79 Å². The quantitative estimate of drug-likeness (QED) is 0.810. The fraction of sp³-hybridized carbons (Fsp3) is 0.400. The molecule has 21 heavy (non-hydrogen) atoms. The molecule has 6 nitrogen and oxygen atoms in total. The maximum atomic E-state index is 11.2. The van der Waals surface area contributed by atoms with Crippen LogP contribution in [0.2, 0.25) is 0 Å². The minimum atomic E-state index is -0.410. The first kappa shape index (κ1) is 15.2. The van der Waals surface area contributed by atoms with Crippen LogP contribution >= 0.6 is 0 Å². The second-order valence-corrected chi connectivity index (χ2v) is 5.07. The van der Waals surface area contributed by atoms with Gasteiger partial charge in [0.25, 0.3) is 0 Å². The lowest BCUT2D eigenvalue weighted by Crippen LogP contribution is -2.19. The van der Waals surface area contributed by atoms with Crippen LogP contribution in [-0.2, 0) is 13.1 Å². The molecular formula is C15H21N5O. The highest BCUT2D eigenvalue weighted by atomic mass is 16.1. The number of aromatic nitrogens is 3. The van der Waals surface area contributed by atoms with Gasteiger partial charge in [0.2, 0.25) is 5.91 Å². The molecule has 1 unspecified atom stereocenters. The molecule has 3 N–H and O–H groups in total. The summed E-state index contributed by atoms with van der Waals surface area (Å²) in [7, 11) is 0. The Balaban J connectivity index is 1.95. The maximum absolute atomic E-state index is 11.2. The molecule has 0 saturated heterocycles. The summed E-state index contributed by atoms with van der Waals surface area (Å²) in [5.41, 5.74) is 7.73. The van der Waals surface area contributed by atoms with Crippen molar-refractivity contribution in [2.75, 3.05) is 0 Å². The third-order valence-corrected chi connectivity index (χ3v) is 3.28. The van der Waals surface area contributed by atoms with Crippen molar-refractivity contribution in [3.63, 3.8) is 0 Å². The highest BCUT2D eigenvalue weighted by Gasteiger charge is 2.10. The molecule has 2 aromatic rings. The Labute approximate surface area is 124 Å². The SMILES string of the molecule is CCCn1cc(C(C)NCc2cccc(C(N)=O)c2)nn1. The van der Waals surface area contributed by atoms with E-state index in [1.165, 1.54) is 0 Å². The molecule has 1 aromatic carbocycles. The van der Waals surface area contributed by atoms with Crippen molar-refractivity contribution in [2.24, 2.45) is 5.73 Å². The molecule has 0 radical (unpaired) electrons. The van der Waals surface area contributed by atoms with E-state index in [0.717, 1.165) is 24.2 Å². The third-order valence-electron chi connectivity index (χ3n) is 3.28. The Bertz CT molecular complexity index is 608. The van der Waals surface area contributed by atoms with Crippen LogP contribution in [0.3, 0.4) is 0 Å². The molecule has 0 aliphatic heterocycles. The normalized spacial score (nSPS) is 12.3. The number of nitrogens with one attached hydrogen (secondary N) is 1. The fourth-order valence-electron chi connectivity index (χ4n) is 2.06. The first-order chi connectivity index (χ1) is 10.1. The number of benzene rings is 1. The van der Waals surface area contributed by atoms with E-state index in [9.17, 15) is 4.79 Å². The van der Waals surface area contributed by atoms with E-state index < -0.39 is 5.91 Å². The molecule has 0 saturated carbocycles. The largest absolute Gasteiger partial charge is 0.366 e. The van der Waals surface area contributed by atoms with Crippen LogP contribution in [0.25, 0.3) is 0 Å². The number of nitrogens with zero attached hydrogens (tertiary/aromatic N) is 3. The number of aryl methyl sites for hydroxylation is 1. The Hall–Kier alpha value is -2.21. The van der Waals surface area contributed by atoms with Gasteiger partial charge < -0.3 is 11.1 Å². The van der Waals surface area contributed by atoms with Crippen LogP contribution in [-0.4, -0.2) is 20.9 Å². The van der Waals surface area contributed by atoms with Gasteiger partial charge in [0.15, 0.2) is 0 Å². The topological polar surface area (TPSA) is 85.8 Å². The molecule has 1 atom stereocenters. The zero-order chi connectivity index (χ0) is 15.2. The van der Waals surface area contributed by atoms with E-state index >= 15 is 0 Å². The fourth-order valence-corrected chi connectivity index (χ4v) is 2.06. The van der Waals surface area contributed by atoms with Crippen molar-refractivity contribution in [2.45, 2.75) is 39.4 Å². The van der Waals surface area contributed by atoms with Crippen molar-refractivity contribution in [3.8, 4) is 0 Å². The van der Waals surface area contributed by atoms with Crippen molar-refractivity contribution in [1.29, 1.82) is 0 Å². The second kappa shape index (κ2) is 6.99. The van der Waals surface area contributed by atoms with Crippen LogP contribution in [0.15, 0.2) is 30.5 Å². The number of primary amides is 1. The van der Waals surface area contributed by atoms with Crippen molar-refractivity contribution >= 4 is 5.91 Å². The minimum Gasteiger partial charge on any atom is -0.366 e. The third kappa shape index (κ3) is 4.13. The molecular weight excluding hydrogens is 266 g/mol. The highest BCUT2D eigenvalue weighted by molar-refractivity contribution is 5.92. The lowest BCUT2D eigenvalue weighted by molar-refractivity contribution is 0.1000. The molecule has 1 heterocycles. The molecule has 1 aromatic heterocycles. The Morgan fingerprint density at radius 2 is 2.29 bits per heavy atom. The minimum absolute atomic E-state index is 0.0906. The van der Waals surface area contributed by atoms with Gasteiger partial charge >= 0.3 is 0 Å². The number of carbonyl (C=O) groups excluding carboxylic acids is 1. The van der Waals surface area contributed by atoms with Crippen LogP contribution < -0.4 is 11.1 Å². The number of nitrogens with two attached hydrogens (primary N) is 1. The van der Waals surface area contributed by atoms with E-state index in [1.54, 1.807) is 12.1 Å². The van der Waals surface area contributed by atoms with Gasteiger partial charge in [-0.25, -0.2) is 0 Å². The van der Waals surface area contributed by atoms with Gasteiger partial charge in [-0.1, -0.05) is 24.3 Å². The zero-order valence-electron chi connectivity index (χ0n) is 12.4. The molecule has 0 bridgehead atoms. The van der Waals surface area contributed by atoms with Gasteiger partial charge in [-0.15, -0.1) is 5.10 Å². The van der Waals surface area contributed by atoms with Crippen LogP contribution in [0, 0.1) is 0 Å². The Morgan fingerprint density at radius 1 is 1.48 bits per heavy atom. The predicted molar refractivity (Wildman–Crippen MR) is 80.5 cm³/mol. The van der Waals surface area contributed by atoms with Crippen LogP contribution in [0.5, 0.6) is 0 Å². The highest BCUT2D eigenvalue weighted by Crippen LogP contribution is 2.11. The molecule has 0 aliphatic carbocycles. The molecule has 6 heteroatoms. The van der Waals surface area contributed by atoms with E-state index in [-0.39, 0.29) is 6.04 Å². The number of hydrogen-bond acceptors (Lipinski definition) is 4. The molecule has 112 valence electrons. The number of hydrogen-bond donors (Lipinski definition) is 2. The van der Waals surface area contributed by atoms with Crippen LogP contribution in [0.4, 0.5) is 0 Å². The lowest BCUT2D eigenvalue weighted by atomic mass is 10.1. The number of carbonyl (C=O) groups is 1. The monoisotopic (exact) mass is 287 g/mol. The Morgan fingerprint density at radius 3 is 3.00 bits per heavy atom. The average molecular weight is 287 g/mol. The summed E-state index contributed by atoms with van der Waals surface area (Å²) in [6, 6.07) is 7.40. The summed E-state index contributed by atoms with van der Waals surface area (Å²) in [5, 5.41) is 11.6. The number of amides is 1. The summed E-state index contributed by atoms with van der Waals surface area (Å²) < 4.78 is 1.85. The van der Waals surface area contributed by atoms with Gasteiger partial charge in [-0.3, -0.25) is 9.48 Å². The molecule has 0 aliphatic rings. The first-order valence-electron chi connectivity index (χ1n) is 7.12. The van der Waals surface area contributed by atoms with Crippen molar-refractivity contribution in [3.05, 3.63) is 47.3 Å². The van der Waals surface area contributed by atoms with E-state index in [4.69, 9.17) is 5.73 Å². The van der Waals surface area contributed by atoms with E-state index in [0.29, 0.717) is 12.1 Å². The first-order valence-corrected chi connectivity index (χ1v) is 7.12. The van der Waals surface area contributed by atoms with Gasteiger partial charge in [-0.05, 0) is 31.0 Å². The predicted octanol–water partition coefficient (Wildman–Crippen LogP) is 1.64. The standard InChI is InChI=1S/C15H21N5O/c1-3-7-20-10-14(18-19-20)11(2)17-9-12-5-4-6-13(8-12)15(16)21/h4-6,8,10-11,17H,3,7,9H2,1-2H3,(H2,16,21). The second-order valence-electron chi connectivity index (χ2n) is 5.07. The summed E-state index contributed by atoms with van der Waals surface area (Å²) in [6.07, 6.45) is 2.99. The Kier molecular flexibility index (Phi) is 5.05. The lowest BCUT2D eigenvalue weighted by Gasteiger charge is -2.11. The zero-order valence-corrected chi connectivity index (χ0v) is 12.4. The van der Waals surface area contributed by atoms with Gasteiger partial charge in [0.05, 0.1) is 17.9 Å². The molecule has 1 amide bonds. The summed E-state index contributed by atoms with van der Waals surface area (Å²) in [4.78, 5) is 11.2. The summed E-state index contributed by atoms with van der Waals surface area (Å²) >= 11 is 0. The number of rotatable bonds is 7. The maximum Gasteiger partial charge on any atom is 0.248 e. The van der Waals surface area contributed by atoms with E-state index in [1.807, 2.05) is 29.9 Å².